The zero-order valence-corrected chi connectivity index (χ0v) is 10.9. The van der Waals surface area contributed by atoms with Crippen molar-refractivity contribution in [3.05, 3.63) is 21.9 Å². The molecule has 2 amide bonds. The summed E-state index contributed by atoms with van der Waals surface area (Å²) in [6.45, 7) is 2.59. The lowest BCUT2D eigenvalue weighted by molar-refractivity contribution is -0.142. The summed E-state index contributed by atoms with van der Waals surface area (Å²) in [4.78, 5) is 22.6. The van der Waals surface area contributed by atoms with Gasteiger partial charge in [0, 0.05) is 11.4 Å². The minimum Gasteiger partial charge on any atom is -0.480 e. The van der Waals surface area contributed by atoms with E-state index in [1.165, 1.54) is 0 Å². The number of urea groups is 1. The maximum Gasteiger partial charge on any atom is 0.329 e. The van der Waals surface area contributed by atoms with Crippen LogP contribution in [0.15, 0.2) is 11.4 Å². The van der Waals surface area contributed by atoms with Crippen molar-refractivity contribution in [2.45, 2.75) is 13.5 Å². The lowest BCUT2D eigenvalue weighted by atomic mass is 10.3. The van der Waals surface area contributed by atoms with Crippen LogP contribution in [0.1, 0.15) is 10.4 Å². The van der Waals surface area contributed by atoms with Crippen molar-refractivity contribution in [2.75, 3.05) is 19.8 Å². The summed E-state index contributed by atoms with van der Waals surface area (Å²) >= 11 is 1.59. The molecule has 3 N–H and O–H groups in total. The highest BCUT2D eigenvalue weighted by Crippen LogP contribution is 2.14. The maximum atomic E-state index is 11.4. The van der Waals surface area contributed by atoms with Crippen LogP contribution in [0, 0.1) is 6.92 Å². The van der Waals surface area contributed by atoms with Gasteiger partial charge in [-0.25, -0.2) is 9.59 Å². The van der Waals surface area contributed by atoms with Crippen molar-refractivity contribution in [1.29, 1.82) is 0 Å². The van der Waals surface area contributed by atoms with Crippen molar-refractivity contribution in [2.24, 2.45) is 0 Å². The first-order chi connectivity index (χ1) is 8.59. The SMILES string of the molecule is Cc1ccsc1CNC(=O)NCCOCC(=O)O. The fraction of sp³-hybridized carbons (Fsp3) is 0.455. The second-order valence-electron chi connectivity index (χ2n) is 3.58. The molecule has 0 saturated heterocycles. The quantitative estimate of drug-likeness (QED) is 0.645. The number of carboxylic acids is 1. The first-order valence-electron chi connectivity index (χ1n) is 5.44. The molecule has 0 aliphatic carbocycles. The van der Waals surface area contributed by atoms with Crippen LogP contribution in [0.5, 0.6) is 0 Å². The molecule has 18 heavy (non-hydrogen) atoms. The molecule has 0 aliphatic rings. The summed E-state index contributed by atoms with van der Waals surface area (Å²) in [5.74, 6) is -1.02. The topological polar surface area (TPSA) is 87.7 Å². The van der Waals surface area contributed by atoms with E-state index >= 15 is 0 Å². The molecule has 7 heteroatoms. The summed E-state index contributed by atoms with van der Waals surface area (Å²) in [6.07, 6.45) is 0. The van der Waals surface area contributed by atoms with E-state index < -0.39 is 5.97 Å². The fourth-order valence-corrected chi connectivity index (χ4v) is 2.05. The Morgan fingerprint density at radius 1 is 1.44 bits per heavy atom. The molecule has 100 valence electrons. The van der Waals surface area contributed by atoms with Gasteiger partial charge in [-0.15, -0.1) is 11.3 Å². The van der Waals surface area contributed by atoms with Crippen LogP contribution in [0.25, 0.3) is 0 Å². The van der Waals surface area contributed by atoms with Crippen molar-refractivity contribution in [3.8, 4) is 0 Å². The molecule has 6 nitrogen and oxygen atoms in total. The van der Waals surface area contributed by atoms with Crippen molar-refractivity contribution >= 4 is 23.3 Å². The van der Waals surface area contributed by atoms with Gasteiger partial charge in [0.1, 0.15) is 6.61 Å². The van der Waals surface area contributed by atoms with Crippen molar-refractivity contribution in [3.63, 3.8) is 0 Å². The number of nitrogens with one attached hydrogen (secondary N) is 2. The molecule has 0 atom stereocenters. The van der Waals surface area contributed by atoms with Gasteiger partial charge in [-0.3, -0.25) is 0 Å². The second kappa shape index (κ2) is 7.67. The lowest BCUT2D eigenvalue weighted by Crippen LogP contribution is -2.37. The van der Waals surface area contributed by atoms with Gasteiger partial charge in [0.2, 0.25) is 0 Å². The fourth-order valence-electron chi connectivity index (χ4n) is 1.20. The van der Waals surface area contributed by atoms with Gasteiger partial charge in [0.15, 0.2) is 0 Å². The van der Waals surface area contributed by atoms with Gasteiger partial charge < -0.3 is 20.5 Å². The monoisotopic (exact) mass is 272 g/mol. The van der Waals surface area contributed by atoms with Crippen LogP contribution in [0.4, 0.5) is 4.79 Å². The molecule has 0 saturated carbocycles. The summed E-state index contributed by atoms with van der Waals surface area (Å²) in [6, 6.07) is 1.71. The predicted molar refractivity (Wildman–Crippen MR) is 67.7 cm³/mol. The maximum absolute atomic E-state index is 11.4. The summed E-state index contributed by atoms with van der Waals surface area (Å²) in [7, 11) is 0. The Bertz CT molecular complexity index is 406. The summed E-state index contributed by atoms with van der Waals surface area (Å²) in [5, 5.41) is 15.6. The van der Waals surface area contributed by atoms with Crippen molar-refractivity contribution in [1.82, 2.24) is 10.6 Å². The summed E-state index contributed by atoms with van der Waals surface area (Å²) < 4.78 is 4.77. The molecule has 0 aliphatic heterocycles. The Hall–Kier alpha value is -1.60. The third-order valence-electron chi connectivity index (χ3n) is 2.14. The van der Waals surface area contributed by atoms with Gasteiger partial charge in [-0.2, -0.15) is 0 Å². The average molecular weight is 272 g/mol. The third-order valence-corrected chi connectivity index (χ3v) is 3.16. The number of carbonyl (C=O) groups excluding carboxylic acids is 1. The Balaban J connectivity index is 2.07. The van der Waals surface area contributed by atoms with Crippen LogP contribution in [0.3, 0.4) is 0 Å². The van der Waals surface area contributed by atoms with E-state index in [1.54, 1.807) is 11.3 Å². The molecular formula is C11H16N2O4S. The van der Waals surface area contributed by atoms with Crippen LogP contribution in [-0.2, 0) is 16.1 Å². The van der Waals surface area contributed by atoms with E-state index in [1.807, 2.05) is 18.4 Å². The molecule has 0 radical (unpaired) electrons. The average Bonchev–Trinajstić information content (AvgIpc) is 2.71. The molecule has 0 unspecified atom stereocenters. The van der Waals surface area contributed by atoms with E-state index in [2.05, 4.69) is 10.6 Å². The second-order valence-corrected chi connectivity index (χ2v) is 4.58. The normalized spacial score (nSPS) is 10.1. The van der Waals surface area contributed by atoms with Crippen LogP contribution in [-0.4, -0.2) is 36.9 Å². The van der Waals surface area contributed by atoms with Gasteiger partial charge in [-0.1, -0.05) is 0 Å². The molecular weight excluding hydrogens is 256 g/mol. The Morgan fingerprint density at radius 3 is 2.83 bits per heavy atom. The molecule has 1 rings (SSSR count). The Labute approximate surface area is 109 Å². The zero-order chi connectivity index (χ0) is 13.4. The number of rotatable bonds is 7. The van der Waals surface area contributed by atoms with Crippen LogP contribution in [0.2, 0.25) is 0 Å². The number of ether oxygens (including phenoxy) is 1. The zero-order valence-electron chi connectivity index (χ0n) is 10.1. The van der Waals surface area contributed by atoms with E-state index in [9.17, 15) is 9.59 Å². The van der Waals surface area contributed by atoms with Gasteiger partial charge in [0.25, 0.3) is 0 Å². The standard InChI is InChI=1S/C11H16N2O4S/c1-8-2-5-18-9(8)6-13-11(16)12-3-4-17-7-10(14)15/h2,5H,3-4,6-7H2,1H3,(H,14,15)(H2,12,13,16). The van der Waals surface area contributed by atoms with Gasteiger partial charge >= 0.3 is 12.0 Å². The molecule has 0 aromatic carbocycles. The van der Waals surface area contributed by atoms with Gasteiger partial charge in [-0.05, 0) is 23.9 Å². The number of thiophene rings is 1. The van der Waals surface area contributed by atoms with Crippen molar-refractivity contribution < 1.29 is 19.4 Å². The minimum atomic E-state index is -1.02. The number of aliphatic carboxylic acids is 1. The Kier molecular flexibility index (Phi) is 6.16. The molecule has 0 bridgehead atoms. The molecule has 0 fully saturated rings. The van der Waals surface area contributed by atoms with Crippen LogP contribution >= 0.6 is 11.3 Å². The highest BCUT2D eigenvalue weighted by atomic mass is 32.1. The predicted octanol–water partition coefficient (Wildman–Crippen LogP) is 0.957. The van der Waals surface area contributed by atoms with Gasteiger partial charge in [0.05, 0.1) is 13.2 Å². The molecule has 1 aromatic heterocycles. The highest BCUT2D eigenvalue weighted by Gasteiger charge is 2.03. The van der Waals surface area contributed by atoms with Crippen LogP contribution < -0.4 is 10.6 Å². The van der Waals surface area contributed by atoms with E-state index in [-0.39, 0.29) is 25.8 Å². The number of hydrogen-bond acceptors (Lipinski definition) is 4. The van der Waals surface area contributed by atoms with E-state index in [0.29, 0.717) is 6.54 Å². The van der Waals surface area contributed by atoms with E-state index in [4.69, 9.17) is 9.84 Å². The smallest absolute Gasteiger partial charge is 0.329 e. The number of amides is 2. The minimum absolute atomic E-state index is 0.178. The number of hydrogen-bond donors (Lipinski definition) is 3. The first kappa shape index (κ1) is 14.5. The molecule has 1 heterocycles. The third kappa shape index (κ3) is 5.65. The number of carboxylic acid groups (broad SMARTS) is 1. The lowest BCUT2D eigenvalue weighted by Gasteiger charge is -2.07. The molecule has 0 spiro atoms. The largest absolute Gasteiger partial charge is 0.480 e. The molecule has 1 aromatic rings. The Morgan fingerprint density at radius 2 is 2.22 bits per heavy atom. The first-order valence-corrected chi connectivity index (χ1v) is 6.31. The van der Waals surface area contributed by atoms with E-state index in [0.717, 1.165) is 10.4 Å². The number of aryl methyl sites for hydroxylation is 1. The highest BCUT2D eigenvalue weighted by molar-refractivity contribution is 7.10. The summed E-state index contributed by atoms with van der Waals surface area (Å²) in [5.41, 5.74) is 1.16. The number of carbonyl (C=O) groups is 2.